The standard InChI is InChI=1S/C30H34F3N3O4S/c1-19(2)18-41(39,40)24-10-5-21(6-11-24)7-13-28(37)34-15-14-22-8-4-20(3)36(22)23-9-12-27-25(16-23)26(30(31,32)33)17-29(38)35-27/h5-7,9-13,16-17,19-20,22H,4,8,14-15,18H2,1-3H3,(H,34,37)(H,35,38)/t20-,22-/m1/s1. The molecule has 3 aromatic rings. The molecule has 2 atom stereocenters. The minimum Gasteiger partial charge on any atom is -0.366 e. The minimum absolute atomic E-state index is 0.0177. The number of anilines is 1. The summed E-state index contributed by atoms with van der Waals surface area (Å²) in [6.45, 7) is 6.08. The van der Waals surface area contributed by atoms with E-state index in [1.165, 1.54) is 30.3 Å². The number of pyridine rings is 1. The molecule has 1 aliphatic heterocycles. The molecular weight excluding hydrogens is 555 g/mol. The SMILES string of the molecule is CC(C)CS(=O)(=O)c1ccc(C=CC(=O)NCC[C@H]2CC[C@@H](C)N2c2ccc3[nH]c(=O)cc(C(F)(F)F)c3c2)cc1. The van der Waals surface area contributed by atoms with Crippen molar-refractivity contribution in [2.75, 3.05) is 17.2 Å². The number of carbonyl (C=O) groups is 1. The first-order valence-electron chi connectivity index (χ1n) is 13.6. The predicted molar refractivity (Wildman–Crippen MR) is 155 cm³/mol. The molecule has 0 radical (unpaired) electrons. The minimum atomic E-state index is -4.66. The van der Waals surface area contributed by atoms with Gasteiger partial charge in [0.05, 0.1) is 16.2 Å². The van der Waals surface area contributed by atoms with Gasteiger partial charge in [0, 0.05) is 47.4 Å². The first-order valence-corrected chi connectivity index (χ1v) is 15.2. The lowest BCUT2D eigenvalue weighted by Crippen LogP contribution is -2.37. The average molecular weight is 590 g/mol. The van der Waals surface area contributed by atoms with Gasteiger partial charge >= 0.3 is 6.18 Å². The van der Waals surface area contributed by atoms with Crippen LogP contribution in [0.3, 0.4) is 0 Å². The Kier molecular flexibility index (Phi) is 8.96. The van der Waals surface area contributed by atoms with Gasteiger partial charge in [0.15, 0.2) is 9.84 Å². The fraction of sp³-hybridized carbons (Fsp3) is 0.400. The van der Waals surface area contributed by atoms with Crippen molar-refractivity contribution in [1.82, 2.24) is 10.3 Å². The van der Waals surface area contributed by atoms with Gasteiger partial charge in [-0.25, -0.2) is 8.42 Å². The van der Waals surface area contributed by atoms with Crippen LogP contribution in [0.25, 0.3) is 17.0 Å². The Morgan fingerprint density at radius 1 is 1.12 bits per heavy atom. The first-order chi connectivity index (χ1) is 19.2. The monoisotopic (exact) mass is 589 g/mol. The fourth-order valence-electron chi connectivity index (χ4n) is 5.37. The van der Waals surface area contributed by atoms with Crippen LogP contribution in [0.1, 0.15) is 51.2 Å². The summed E-state index contributed by atoms with van der Waals surface area (Å²) in [5, 5.41) is 2.79. The van der Waals surface area contributed by atoms with Gasteiger partial charge in [0.2, 0.25) is 11.5 Å². The summed E-state index contributed by atoms with van der Waals surface area (Å²) in [5.74, 6) is -0.217. The first kappa shape index (κ1) is 30.4. The lowest BCUT2D eigenvalue weighted by Gasteiger charge is -2.31. The number of nitrogens with zero attached hydrogens (tertiary/aromatic N) is 1. The molecule has 1 fully saturated rings. The number of benzene rings is 2. The third-order valence-corrected chi connectivity index (χ3v) is 9.31. The zero-order valence-corrected chi connectivity index (χ0v) is 24.0. The summed E-state index contributed by atoms with van der Waals surface area (Å²) in [7, 11) is -3.35. The van der Waals surface area contributed by atoms with Gasteiger partial charge in [-0.05, 0) is 74.1 Å². The van der Waals surface area contributed by atoms with E-state index in [0.717, 1.165) is 12.8 Å². The number of hydrogen-bond donors (Lipinski definition) is 2. The highest BCUT2D eigenvalue weighted by atomic mass is 32.2. The summed E-state index contributed by atoms with van der Waals surface area (Å²) >= 11 is 0. The Bertz CT molecular complexity index is 1600. The van der Waals surface area contributed by atoms with Crippen molar-refractivity contribution in [1.29, 1.82) is 0 Å². The molecule has 1 aliphatic rings. The third kappa shape index (κ3) is 7.38. The van der Waals surface area contributed by atoms with Gasteiger partial charge in [-0.3, -0.25) is 9.59 Å². The van der Waals surface area contributed by atoms with E-state index in [1.807, 2.05) is 20.8 Å². The maximum atomic E-state index is 13.6. The zero-order valence-electron chi connectivity index (χ0n) is 23.2. The molecule has 1 aromatic heterocycles. The molecule has 41 heavy (non-hydrogen) atoms. The van der Waals surface area contributed by atoms with Crippen molar-refractivity contribution in [3.63, 3.8) is 0 Å². The van der Waals surface area contributed by atoms with E-state index < -0.39 is 27.1 Å². The van der Waals surface area contributed by atoms with Crippen LogP contribution >= 0.6 is 0 Å². The summed E-state index contributed by atoms with van der Waals surface area (Å²) in [5.41, 5.74) is -0.318. The van der Waals surface area contributed by atoms with Gasteiger partial charge in [0.1, 0.15) is 0 Å². The third-order valence-electron chi connectivity index (χ3n) is 7.21. The zero-order chi connectivity index (χ0) is 29.9. The smallest absolute Gasteiger partial charge is 0.366 e. The van der Waals surface area contributed by atoms with Crippen molar-refractivity contribution in [2.24, 2.45) is 5.92 Å². The lowest BCUT2D eigenvalue weighted by molar-refractivity contribution is -0.136. The van der Waals surface area contributed by atoms with Crippen molar-refractivity contribution in [3.8, 4) is 0 Å². The Morgan fingerprint density at radius 3 is 2.49 bits per heavy atom. The highest BCUT2D eigenvalue weighted by Crippen LogP contribution is 2.37. The maximum Gasteiger partial charge on any atom is 0.417 e. The number of alkyl halides is 3. The highest BCUT2D eigenvalue weighted by molar-refractivity contribution is 7.91. The molecule has 1 amide bonds. The summed E-state index contributed by atoms with van der Waals surface area (Å²) in [6.07, 6.45) is 0.617. The van der Waals surface area contributed by atoms with Crippen LogP contribution in [0.2, 0.25) is 0 Å². The van der Waals surface area contributed by atoms with Crippen molar-refractivity contribution >= 4 is 38.4 Å². The second kappa shape index (κ2) is 12.1. The molecule has 0 aliphatic carbocycles. The predicted octanol–water partition coefficient (Wildman–Crippen LogP) is 5.55. The van der Waals surface area contributed by atoms with Crippen LogP contribution in [0.4, 0.5) is 18.9 Å². The number of hydrogen-bond acceptors (Lipinski definition) is 5. The summed E-state index contributed by atoms with van der Waals surface area (Å²) in [6, 6.07) is 11.8. The van der Waals surface area contributed by atoms with E-state index in [0.29, 0.717) is 30.3 Å². The summed E-state index contributed by atoms with van der Waals surface area (Å²) in [4.78, 5) is 29.0. The van der Waals surface area contributed by atoms with E-state index in [9.17, 15) is 31.2 Å². The Balaban J connectivity index is 1.39. The average Bonchev–Trinajstić information content (AvgIpc) is 3.25. The number of sulfone groups is 1. The lowest BCUT2D eigenvalue weighted by atomic mass is 10.1. The largest absolute Gasteiger partial charge is 0.417 e. The van der Waals surface area contributed by atoms with Crippen LogP contribution in [-0.2, 0) is 20.8 Å². The Hall–Kier alpha value is -3.60. The van der Waals surface area contributed by atoms with Crippen LogP contribution < -0.4 is 15.8 Å². The molecule has 0 bridgehead atoms. The molecule has 0 unspecified atom stereocenters. The summed E-state index contributed by atoms with van der Waals surface area (Å²) < 4.78 is 65.7. The van der Waals surface area contributed by atoms with Gasteiger partial charge < -0.3 is 15.2 Å². The van der Waals surface area contributed by atoms with Gasteiger partial charge in [-0.1, -0.05) is 26.0 Å². The van der Waals surface area contributed by atoms with Crippen molar-refractivity contribution in [3.05, 3.63) is 76.1 Å². The van der Waals surface area contributed by atoms with Gasteiger partial charge in [-0.2, -0.15) is 13.2 Å². The molecule has 2 aromatic carbocycles. The highest BCUT2D eigenvalue weighted by Gasteiger charge is 2.35. The van der Waals surface area contributed by atoms with E-state index >= 15 is 0 Å². The van der Waals surface area contributed by atoms with E-state index in [1.54, 1.807) is 24.3 Å². The number of aromatic amines is 1. The van der Waals surface area contributed by atoms with Crippen molar-refractivity contribution < 1.29 is 26.4 Å². The molecule has 2 heterocycles. The topological polar surface area (TPSA) is 99.3 Å². The number of aromatic nitrogens is 1. The molecule has 1 saturated heterocycles. The fourth-order valence-corrected chi connectivity index (χ4v) is 6.99. The molecule has 4 rings (SSSR count). The normalized spacial score (nSPS) is 18.1. The Morgan fingerprint density at radius 2 is 1.83 bits per heavy atom. The second-order valence-corrected chi connectivity index (χ2v) is 13.0. The molecular formula is C30H34F3N3O4S. The van der Waals surface area contributed by atoms with E-state index in [-0.39, 0.29) is 45.5 Å². The van der Waals surface area contributed by atoms with Gasteiger partial charge in [0.25, 0.3) is 0 Å². The molecule has 2 N–H and O–H groups in total. The number of H-pyrrole nitrogens is 1. The Labute approximate surface area is 237 Å². The number of rotatable bonds is 9. The maximum absolute atomic E-state index is 13.6. The van der Waals surface area contributed by atoms with E-state index in [4.69, 9.17) is 0 Å². The second-order valence-electron chi connectivity index (χ2n) is 10.9. The van der Waals surface area contributed by atoms with Crippen molar-refractivity contribution in [2.45, 2.75) is 63.2 Å². The number of fused-ring (bicyclic) bond motifs is 1. The quantitative estimate of drug-likeness (QED) is 0.319. The number of carbonyl (C=O) groups excluding carboxylic acids is 1. The molecule has 0 saturated carbocycles. The number of amides is 1. The molecule has 220 valence electrons. The molecule has 7 nitrogen and oxygen atoms in total. The van der Waals surface area contributed by atoms with Crippen LogP contribution in [0.5, 0.6) is 0 Å². The van der Waals surface area contributed by atoms with Crippen LogP contribution in [0, 0.1) is 5.92 Å². The number of halogens is 3. The van der Waals surface area contributed by atoms with Crippen LogP contribution in [0.15, 0.2) is 64.3 Å². The van der Waals surface area contributed by atoms with Crippen LogP contribution in [-0.4, -0.2) is 43.7 Å². The van der Waals surface area contributed by atoms with E-state index in [2.05, 4.69) is 15.2 Å². The number of nitrogens with one attached hydrogen (secondary N) is 2. The molecule has 11 heteroatoms. The molecule has 0 spiro atoms. The van der Waals surface area contributed by atoms with Gasteiger partial charge in [-0.15, -0.1) is 0 Å².